The van der Waals surface area contributed by atoms with E-state index < -0.39 is 0 Å². The van der Waals surface area contributed by atoms with Gasteiger partial charge in [0.05, 0.1) is 5.02 Å². The Hall–Kier alpha value is -0.770. The van der Waals surface area contributed by atoms with Gasteiger partial charge in [0.25, 0.3) is 0 Å². The Morgan fingerprint density at radius 3 is 2.82 bits per heavy atom. The molecule has 0 saturated carbocycles. The molecule has 0 spiro atoms. The molecule has 3 N–H and O–H groups in total. The van der Waals surface area contributed by atoms with Gasteiger partial charge in [-0.15, -0.1) is 0 Å². The number of halogens is 1. The number of hydrogen-bond acceptors (Lipinski definition) is 3. The molecule has 17 heavy (non-hydrogen) atoms. The zero-order chi connectivity index (χ0) is 12.7. The molecule has 1 aromatic carbocycles. The van der Waals surface area contributed by atoms with Gasteiger partial charge in [-0.25, -0.2) is 0 Å². The number of phenolic OH excluding ortho intramolecular Hbond substituents is 1. The molecule has 0 aliphatic rings. The van der Waals surface area contributed by atoms with Crippen LogP contribution in [0.4, 0.5) is 0 Å². The lowest BCUT2D eigenvalue weighted by Crippen LogP contribution is -2.15. The van der Waals surface area contributed by atoms with Crippen LogP contribution in [-0.2, 0) is 6.54 Å². The van der Waals surface area contributed by atoms with Crippen LogP contribution >= 0.6 is 11.6 Å². The second-order valence-electron chi connectivity index (χ2n) is 4.39. The van der Waals surface area contributed by atoms with Gasteiger partial charge in [-0.1, -0.05) is 24.6 Å². The molecule has 1 rings (SSSR count). The number of hydrogen-bond donors (Lipinski definition) is 3. The maximum Gasteiger partial charge on any atom is 0.134 e. The third-order valence-electron chi connectivity index (χ3n) is 2.70. The maximum absolute atomic E-state index is 9.27. The summed E-state index contributed by atoms with van der Waals surface area (Å²) in [6.45, 7) is 3.96. The zero-order valence-corrected chi connectivity index (χ0v) is 10.9. The van der Waals surface area contributed by atoms with E-state index in [1.807, 2.05) is 13.0 Å². The fraction of sp³-hybridized carbons (Fsp3) is 0.538. The van der Waals surface area contributed by atoms with E-state index in [1.54, 1.807) is 12.1 Å². The first-order chi connectivity index (χ1) is 8.13. The van der Waals surface area contributed by atoms with Crippen LogP contribution < -0.4 is 5.32 Å². The average molecular weight is 258 g/mol. The number of benzene rings is 1. The van der Waals surface area contributed by atoms with Crippen molar-refractivity contribution in [2.45, 2.75) is 26.3 Å². The highest BCUT2D eigenvalue weighted by atomic mass is 35.5. The quantitative estimate of drug-likeness (QED) is 0.658. The van der Waals surface area contributed by atoms with E-state index in [0.29, 0.717) is 10.9 Å². The molecular formula is C13H20ClNO2. The fourth-order valence-electron chi connectivity index (χ4n) is 1.56. The maximum atomic E-state index is 9.27. The lowest BCUT2D eigenvalue weighted by molar-refractivity contribution is 0.228. The molecule has 4 heteroatoms. The Bertz CT molecular complexity index is 344. The van der Waals surface area contributed by atoms with Gasteiger partial charge in [-0.05, 0) is 43.0 Å². The minimum absolute atomic E-state index is 0.118. The third-order valence-corrected chi connectivity index (χ3v) is 3.01. The van der Waals surface area contributed by atoms with Crippen molar-refractivity contribution < 1.29 is 10.2 Å². The van der Waals surface area contributed by atoms with Crippen molar-refractivity contribution in [2.24, 2.45) is 5.92 Å². The largest absolute Gasteiger partial charge is 0.506 e. The molecule has 1 aromatic rings. The third kappa shape index (κ3) is 5.39. The second kappa shape index (κ2) is 7.54. The van der Waals surface area contributed by atoms with Crippen molar-refractivity contribution in [3.8, 4) is 5.75 Å². The lowest BCUT2D eigenvalue weighted by atomic mass is 10.1. The first-order valence-electron chi connectivity index (χ1n) is 5.92. The second-order valence-corrected chi connectivity index (χ2v) is 4.80. The molecule has 96 valence electrons. The molecule has 0 radical (unpaired) electrons. The van der Waals surface area contributed by atoms with Crippen LogP contribution in [0, 0.1) is 5.92 Å². The Kier molecular flexibility index (Phi) is 6.34. The van der Waals surface area contributed by atoms with E-state index in [2.05, 4.69) is 5.32 Å². The molecule has 1 atom stereocenters. The van der Waals surface area contributed by atoms with E-state index >= 15 is 0 Å². The molecule has 1 unspecified atom stereocenters. The number of aliphatic hydroxyl groups excluding tert-OH is 1. The van der Waals surface area contributed by atoms with Crippen LogP contribution in [0.25, 0.3) is 0 Å². The smallest absolute Gasteiger partial charge is 0.134 e. The Morgan fingerprint density at radius 2 is 2.18 bits per heavy atom. The summed E-state index contributed by atoms with van der Waals surface area (Å²) in [5.41, 5.74) is 1.06. The van der Waals surface area contributed by atoms with Gasteiger partial charge in [0.1, 0.15) is 5.75 Å². The fourth-order valence-corrected chi connectivity index (χ4v) is 1.76. The summed E-state index contributed by atoms with van der Waals surface area (Å²) in [5.74, 6) is 0.493. The van der Waals surface area contributed by atoms with Gasteiger partial charge in [0.15, 0.2) is 0 Å². The molecule has 0 saturated heterocycles. The van der Waals surface area contributed by atoms with Crippen molar-refractivity contribution in [3.63, 3.8) is 0 Å². The molecule has 0 bridgehead atoms. The van der Waals surface area contributed by atoms with Gasteiger partial charge in [-0.2, -0.15) is 0 Å². The van der Waals surface area contributed by atoms with Gasteiger partial charge in [0.2, 0.25) is 0 Å². The van der Waals surface area contributed by atoms with Gasteiger partial charge in [-0.3, -0.25) is 0 Å². The van der Waals surface area contributed by atoms with Crippen LogP contribution in [0.2, 0.25) is 5.02 Å². The van der Waals surface area contributed by atoms with Gasteiger partial charge in [0, 0.05) is 13.2 Å². The van der Waals surface area contributed by atoms with Gasteiger partial charge < -0.3 is 15.5 Å². The van der Waals surface area contributed by atoms with Crippen molar-refractivity contribution in [2.75, 3.05) is 13.2 Å². The SMILES string of the molecule is CC(CO)CCCNCc1ccc(O)c(Cl)c1. The summed E-state index contributed by atoms with van der Waals surface area (Å²) < 4.78 is 0. The highest BCUT2D eigenvalue weighted by molar-refractivity contribution is 6.32. The van der Waals surface area contributed by atoms with Gasteiger partial charge >= 0.3 is 0 Å². The van der Waals surface area contributed by atoms with Crippen LogP contribution in [-0.4, -0.2) is 23.4 Å². The monoisotopic (exact) mass is 257 g/mol. The predicted molar refractivity (Wildman–Crippen MR) is 70.3 cm³/mol. The predicted octanol–water partition coefficient (Wildman–Crippen LogP) is 2.54. The van der Waals surface area contributed by atoms with Crippen LogP contribution in [0.15, 0.2) is 18.2 Å². The summed E-state index contributed by atoms with van der Waals surface area (Å²) in [6, 6.07) is 5.22. The topological polar surface area (TPSA) is 52.5 Å². The Labute approximate surface area is 107 Å². The summed E-state index contributed by atoms with van der Waals surface area (Å²) in [7, 11) is 0. The lowest BCUT2D eigenvalue weighted by Gasteiger charge is -2.08. The number of aromatic hydroxyl groups is 1. The summed E-state index contributed by atoms with van der Waals surface area (Å²) in [6.07, 6.45) is 2.08. The first-order valence-corrected chi connectivity index (χ1v) is 6.30. The van der Waals surface area contributed by atoms with Crippen molar-refractivity contribution in [1.29, 1.82) is 0 Å². The molecule has 0 aromatic heterocycles. The highest BCUT2D eigenvalue weighted by Gasteiger charge is 2.01. The standard InChI is InChI=1S/C13H20ClNO2/c1-10(9-16)3-2-6-15-8-11-4-5-13(17)12(14)7-11/h4-5,7,10,15-17H,2-3,6,8-9H2,1H3. The van der Waals surface area contributed by atoms with Crippen molar-refractivity contribution in [3.05, 3.63) is 28.8 Å². The van der Waals surface area contributed by atoms with Crippen LogP contribution in [0.5, 0.6) is 5.75 Å². The van der Waals surface area contributed by atoms with Crippen molar-refractivity contribution in [1.82, 2.24) is 5.32 Å². The molecule has 0 aliphatic heterocycles. The minimum Gasteiger partial charge on any atom is -0.506 e. The van der Waals surface area contributed by atoms with E-state index in [-0.39, 0.29) is 12.4 Å². The molecular weight excluding hydrogens is 238 g/mol. The number of nitrogens with one attached hydrogen (secondary N) is 1. The molecule has 0 fully saturated rings. The first kappa shape index (κ1) is 14.3. The zero-order valence-electron chi connectivity index (χ0n) is 10.1. The number of phenols is 1. The van der Waals surface area contributed by atoms with Crippen molar-refractivity contribution >= 4 is 11.6 Å². The summed E-state index contributed by atoms with van der Waals surface area (Å²) in [4.78, 5) is 0. The average Bonchev–Trinajstić information content (AvgIpc) is 2.33. The Balaban J connectivity index is 2.20. The summed E-state index contributed by atoms with van der Waals surface area (Å²) in [5, 5.41) is 21.8. The van der Waals surface area contributed by atoms with E-state index in [1.165, 1.54) is 0 Å². The highest BCUT2D eigenvalue weighted by Crippen LogP contribution is 2.23. The molecule has 0 amide bonds. The molecule has 0 heterocycles. The normalized spacial score (nSPS) is 12.6. The molecule has 0 aliphatic carbocycles. The summed E-state index contributed by atoms with van der Waals surface area (Å²) >= 11 is 5.81. The molecule has 3 nitrogen and oxygen atoms in total. The number of rotatable bonds is 7. The van der Waals surface area contributed by atoms with E-state index in [4.69, 9.17) is 16.7 Å². The van der Waals surface area contributed by atoms with E-state index in [0.717, 1.165) is 31.5 Å². The van der Waals surface area contributed by atoms with Crippen LogP contribution in [0.1, 0.15) is 25.3 Å². The number of aliphatic hydroxyl groups is 1. The van der Waals surface area contributed by atoms with Crippen LogP contribution in [0.3, 0.4) is 0 Å². The van der Waals surface area contributed by atoms with E-state index in [9.17, 15) is 5.11 Å². The minimum atomic E-state index is 0.118. The Morgan fingerprint density at radius 1 is 1.41 bits per heavy atom.